The van der Waals surface area contributed by atoms with Crippen molar-refractivity contribution in [2.24, 2.45) is 0 Å². The zero-order valence-corrected chi connectivity index (χ0v) is 15.6. The molecule has 0 fully saturated rings. The molecule has 134 valence electrons. The molecule has 0 aliphatic carbocycles. The fraction of sp³-hybridized carbons (Fsp3) is 0.261. The van der Waals surface area contributed by atoms with E-state index in [4.69, 9.17) is 5.11 Å². The highest BCUT2D eigenvalue weighted by Crippen LogP contribution is 2.19. The lowest BCUT2D eigenvalue weighted by Gasteiger charge is -2.11. The largest absolute Gasteiger partial charge is 0.480 e. The second-order valence-electron chi connectivity index (χ2n) is 6.57. The van der Waals surface area contributed by atoms with Gasteiger partial charge in [0.05, 0.1) is 6.54 Å². The molecule has 26 heavy (non-hydrogen) atoms. The zero-order valence-electron chi connectivity index (χ0n) is 15.6. The van der Waals surface area contributed by atoms with Crippen LogP contribution in [0.2, 0.25) is 0 Å². The van der Waals surface area contributed by atoms with Crippen molar-refractivity contribution in [3.63, 3.8) is 0 Å². The highest BCUT2D eigenvalue weighted by molar-refractivity contribution is 5.80. The number of rotatable bonds is 6. The summed E-state index contributed by atoms with van der Waals surface area (Å²) in [6.07, 6.45) is 1.99. The molecule has 0 aromatic heterocycles. The minimum absolute atomic E-state index is 0.00216. The Kier molecular flexibility index (Phi) is 7.20. The summed E-state index contributed by atoms with van der Waals surface area (Å²) in [7, 11) is 1.79. The van der Waals surface area contributed by atoms with Crippen molar-refractivity contribution < 1.29 is 9.90 Å². The molecule has 1 N–H and O–H groups in total. The molecule has 0 radical (unpaired) electrons. The molecule has 3 nitrogen and oxygen atoms in total. The van der Waals surface area contributed by atoms with E-state index in [-0.39, 0.29) is 6.54 Å². The predicted octanol–water partition coefficient (Wildman–Crippen LogP) is 4.26. The van der Waals surface area contributed by atoms with E-state index in [1.54, 1.807) is 11.9 Å². The molecule has 0 spiro atoms. The van der Waals surface area contributed by atoms with Gasteiger partial charge in [-0.1, -0.05) is 80.3 Å². The van der Waals surface area contributed by atoms with Crippen molar-refractivity contribution in [3.8, 4) is 11.8 Å². The summed E-state index contributed by atoms with van der Waals surface area (Å²) >= 11 is 0. The Morgan fingerprint density at radius 2 is 1.77 bits per heavy atom. The van der Waals surface area contributed by atoms with E-state index in [1.165, 1.54) is 5.56 Å². The highest BCUT2D eigenvalue weighted by atomic mass is 16.4. The van der Waals surface area contributed by atoms with Crippen molar-refractivity contribution >= 4 is 11.5 Å². The maximum atomic E-state index is 10.8. The highest BCUT2D eigenvalue weighted by Gasteiger charge is 2.05. The molecule has 2 rings (SSSR count). The van der Waals surface area contributed by atoms with E-state index in [0.29, 0.717) is 12.5 Å². The number of allylic oxidation sites excluding steroid dienone is 1. The Labute approximate surface area is 156 Å². The minimum atomic E-state index is -0.834. The summed E-state index contributed by atoms with van der Waals surface area (Å²) < 4.78 is 0. The van der Waals surface area contributed by atoms with Gasteiger partial charge < -0.3 is 5.11 Å². The first-order valence-corrected chi connectivity index (χ1v) is 8.74. The molecular formula is C23H25NO2. The lowest BCUT2D eigenvalue weighted by molar-refractivity contribution is -0.137. The number of hydrogen-bond donors (Lipinski definition) is 1. The van der Waals surface area contributed by atoms with Gasteiger partial charge in [-0.15, -0.1) is 0 Å². The second kappa shape index (κ2) is 9.60. The van der Waals surface area contributed by atoms with Crippen LogP contribution in [0.1, 0.15) is 36.5 Å². The number of carbonyl (C=O) groups is 1. The van der Waals surface area contributed by atoms with Crippen LogP contribution in [0, 0.1) is 11.8 Å². The molecule has 0 heterocycles. The van der Waals surface area contributed by atoms with Gasteiger partial charge in [0.25, 0.3) is 0 Å². The summed E-state index contributed by atoms with van der Waals surface area (Å²) in [5.41, 5.74) is 4.20. The molecule has 0 atom stereocenters. The van der Waals surface area contributed by atoms with Gasteiger partial charge in [-0.3, -0.25) is 9.69 Å². The van der Waals surface area contributed by atoms with Gasteiger partial charge in [0.1, 0.15) is 0 Å². The van der Waals surface area contributed by atoms with Crippen molar-refractivity contribution in [2.45, 2.75) is 19.8 Å². The van der Waals surface area contributed by atoms with Gasteiger partial charge in [-0.2, -0.15) is 0 Å². The van der Waals surface area contributed by atoms with E-state index < -0.39 is 5.97 Å². The molecule has 0 amide bonds. The molecular weight excluding hydrogens is 322 g/mol. The number of carboxylic acids is 1. The summed E-state index contributed by atoms with van der Waals surface area (Å²) in [6.45, 7) is 4.85. The van der Waals surface area contributed by atoms with E-state index in [2.05, 4.69) is 31.8 Å². The third-order valence-electron chi connectivity index (χ3n) is 4.01. The summed E-state index contributed by atoms with van der Waals surface area (Å²) in [5.74, 6) is 6.17. The van der Waals surface area contributed by atoms with E-state index >= 15 is 0 Å². The molecule has 0 aliphatic heterocycles. The number of hydrogen-bond acceptors (Lipinski definition) is 2. The van der Waals surface area contributed by atoms with Crippen LogP contribution in [0.15, 0.2) is 60.7 Å². The van der Waals surface area contributed by atoms with Crippen LogP contribution < -0.4 is 0 Å². The van der Waals surface area contributed by atoms with E-state index in [0.717, 1.165) is 16.7 Å². The molecule has 0 saturated heterocycles. The van der Waals surface area contributed by atoms with Crippen LogP contribution in [-0.4, -0.2) is 36.1 Å². The standard InChI is InChI=1S/C23H25NO2/c1-18(2)22-12-8-7-11-21(22)14-13-20(19-9-5-4-6-10-19)15-16-24(3)17-23(25)26/h4-12,15,18H,16-17H2,1-3H3,(H,25,26). The Morgan fingerprint density at radius 1 is 1.12 bits per heavy atom. The number of benzene rings is 2. The third-order valence-corrected chi connectivity index (χ3v) is 4.01. The molecule has 0 unspecified atom stereocenters. The fourth-order valence-electron chi connectivity index (χ4n) is 2.65. The van der Waals surface area contributed by atoms with Gasteiger partial charge in [0.2, 0.25) is 0 Å². The molecule has 0 bridgehead atoms. The maximum Gasteiger partial charge on any atom is 0.317 e. The number of carboxylic acid groups (broad SMARTS) is 1. The molecule has 2 aromatic rings. The molecule has 2 aromatic carbocycles. The van der Waals surface area contributed by atoms with Crippen LogP contribution in [0.4, 0.5) is 0 Å². The second-order valence-corrected chi connectivity index (χ2v) is 6.57. The van der Waals surface area contributed by atoms with Crippen molar-refractivity contribution in [2.75, 3.05) is 20.1 Å². The maximum absolute atomic E-state index is 10.8. The van der Waals surface area contributed by atoms with Crippen LogP contribution in [0.3, 0.4) is 0 Å². The normalized spacial score (nSPS) is 11.3. The van der Waals surface area contributed by atoms with Crippen molar-refractivity contribution in [1.29, 1.82) is 0 Å². The SMILES string of the molecule is CC(C)c1ccccc1C#CC(=CCN(C)CC(=O)O)c1ccccc1. The van der Waals surface area contributed by atoms with Gasteiger partial charge >= 0.3 is 5.97 Å². The quantitative estimate of drug-likeness (QED) is 0.794. The van der Waals surface area contributed by atoms with Crippen LogP contribution in [-0.2, 0) is 4.79 Å². The fourth-order valence-corrected chi connectivity index (χ4v) is 2.65. The van der Waals surface area contributed by atoms with Crippen molar-refractivity contribution in [3.05, 3.63) is 77.4 Å². The molecule has 0 saturated carbocycles. The first kappa shape index (κ1) is 19.5. The average molecular weight is 347 g/mol. The Hall–Kier alpha value is -2.83. The number of aliphatic carboxylic acids is 1. The first-order chi connectivity index (χ1) is 12.5. The first-order valence-electron chi connectivity index (χ1n) is 8.74. The monoisotopic (exact) mass is 347 g/mol. The van der Waals surface area contributed by atoms with Crippen LogP contribution in [0.25, 0.3) is 5.57 Å². The predicted molar refractivity (Wildman–Crippen MR) is 107 cm³/mol. The van der Waals surface area contributed by atoms with Gasteiger partial charge in [-0.05, 0) is 30.2 Å². The topological polar surface area (TPSA) is 40.5 Å². The smallest absolute Gasteiger partial charge is 0.317 e. The average Bonchev–Trinajstić information content (AvgIpc) is 2.62. The lowest BCUT2D eigenvalue weighted by atomic mass is 9.97. The van der Waals surface area contributed by atoms with Gasteiger partial charge in [0, 0.05) is 17.7 Å². The zero-order chi connectivity index (χ0) is 18.9. The van der Waals surface area contributed by atoms with E-state index in [1.807, 2.05) is 54.6 Å². The summed E-state index contributed by atoms with van der Waals surface area (Å²) in [5, 5.41) is 8.91. The molecule has 0 aliphatic rings. The van der Waals surface area contributed by atoms with Crippen molar-refractivity contribution in [1.82, 2.24) is 4.90 Å². The van der Waals surface area contributed by atoms with Crippen LogP contribution in [0.5, 0.6) is 0 Å². The van der Waals surface area contributed by atoms with Crippen LogP contribution >= 0.6 is 0 Å². The lowest BCUT2D eigenvalue weighted by Crippen LogP contribution is -2.25. The molecule has 3 heteroatoms. The van der Waals surface area contributed by atoms with E-state index in [9.17, 15) is 4.79 Å². The number of likely N-dealkylation sites (N-methyl/N-ethyl adjacent to an activating group) is 1. The third kappa shape index (κ3) is 5.91. The summed E-state index contributed by atoms with van der Waals surface area (Å²) in [6, 6.07) is 18.2. The number of nitrogens with zero attached hydrogens (tertiary/aromatic N) is 1. The minimum Gasteiger partial charge on any atom is -0.480 e. The van der Waals surface area contributed by atoms with Gasteiger partial charge in [-0.25, -0.2) is 0 Å². The Balaban J connectivity index is 2.34. The Morgan fingerprint density at radius 3 is 2.42 bits per heavy atom. The summed E-state index contributed by atoms with van der Waals surface area (Å²) in [4.78, 5) is 12.6. The Bertz CT molecular complexity index is 826. The van der Waals surface area contributed by atoms with Gasteiger partial charge in [0.15, 0.2) is 0 Å².